The number of pyridine rings is 1. The molecule has 2 fully saturated rings. The predicted molar refractivity (Wildman–Crippen MR) is 67.5 cm³/mol. The molecule has 0 radical (unpaired) electrons. The maximum atomic E-state index is 12.4. The molecule has 1 saturated carbocycles. The van der Waals surface area contributed by atoms with Crippen molar-refractivity contribution >= 4 is 5.91 Å². The Labute approximate surface area is 109 Å². The molecular formula is C13H15N3O3. The van der Waals surface area contributed by atoms with Crippen molar-refractivity contribution in [1.29, 1.82) is 0 Å². The normalized spacial score (nSPS) is 26.6. The third kappa shape index (κ3) is 1.42. The van der Waals surface area contributed by atoms with Crippen LogP contribution in [0.5, 0.6) is 5.75 Å². The molecule has 0 bridgehead atoms. The van der Waals surface area contributed by atoms with Gasteiger partial charge in [0.1, 0.15) is 6.17 Å². The summed E-state index contributed by atoms with van der Waals surface area (Å²) >= 11 is 0. The zero-order chi connectivity index (χ0) is 13.2. The predicted octanol–water partition coefficient (Wildman–Crippen LogP) is 0.453. The molecule has 0 aromatic carbocycles. The Hall–Kier alpha value is -1.98. The van der Waals surface area contributed by atoms with E-state index in [-0.39, 0.29) is 17.8 Å². The molecule has 1 unspecified atom stereocenters. The number of nitrogens with one attached hydrogen (secondary N) is 1. The number of rotatable bonds is 0. The second kappa shape index (κ2) is 3.31. The quantitative estimate of drug-likeness (QED) is 0.711. The van der Waals surface area contributed by atoms with E-state index in [4.69, 9.17) is 0 Å². The molecule has 1 aromatic heterocycles. The van der Waals surface area contributed by atoms with Gasteiger partial charge in [-0.15, -0.1) is 0 Å². The second-order valence-electron chi connectivity index (χ2n) is 5.84. The van der Waals surface area contributed by atoms with Crippen LogP contribution in [0.4, 0.5) is 0 Å². The van der Waals surface area contributed by atoms with Gasteiger partial charge >= 0.3 is 0 Å². The average Bonchev–Trinajstić information content (AvgIpc) is 3.13. The Morgan fingerprint density at radius 2 is 2.11 bits per heavy atom. The summed E-state index contributed by atoms with van der Waals surface area (Å²) in [5.74, 6) is -0.723. The Morgan fingerprint density at radius 1 is 1.32 bits per heavy atom. The summed E-state index contributed by atoms with van der Waals surface area (Å²) in [6.07, 6.45) is 5.95. The van der Waals surface area contributed by atoms with Crippen molar-refractivity contribution in [3.63, 3.8) is 0 Å². The molecule has 4 rings (SSSR count). The number of nitrogens with zero attached hydrogens (tertiary/aromatic N) is 2. The number of hydrogen-bond donors (Lipinski definition) is 2. The highest BCUT2D eigenvalue weighted by molar-refractivity contribution is 5.96. The molecule has 1 atom stereocenters. The van der Waals surface area contributed by atoms with Crippen LogP contribution in [0, 0.1) is 5.41 Å². The molecule has 1 amide bonds. The summed E-state index contributed by atoms with van der Waals surface area (Å²) in [5, 5.41) is 9.80. The minimum Gasteiger partial charge on any atom is -0.502 e. The van der Waals surface area contributed by atoms with Gasteiger partial charge in [0, 0.05) is 18.8 Å². The fourth-order valence-electron chi connectivity index (χ4n) is 3.26. The summed E-state index contributed by atoms with van der Waals surface area (Å²) in [7, 11) is 0. The third-order valence-corrected chi connectivity index (χ3v) is 4.67. The summed E-state index contributed by atoms with van der Waals surface area (Å²) in [4.78, 5) is 25.6. The number of amides is 1. The van der Waals surface area contributed by atoms with E-state index < -0.39 is 11.2 Å². The molecule has 1 aromatic rings. The van der Waals surface area contributed by atoms with Crippen molar-refractivity contribution in [3.8, 4) is 5.75 Å². The monoisotopic (exact) mass is 261 g/mol. The first-order chi connectivity index (χ1) is 9.10. The van der Waals surface area contributed by atoms with Gasteiger partial charge in [0.25, 0.3) is 5.91 Å². The standard InChI is InChI=1S/C13H15N3O3/c17-8-1-5-16-10(11(8)18)12(19)15-6-4-13(2-3-13)7-9(15)14-16/h1,5,9,14,18H,2-4,6-7H2. The molecule has 19 heavy (non-hydrogen) atoms. The molecule has 1 spiro atoms. The highest BCUT2D eigenvalue weighted by Gasteiger charge is 2.50. The maximum absolute atomic E-state index is 12.4. The number of aromatic nitrogens is 1. The summed E-state index contributed by atoms with van der Waals surface area (Å²) < 4.78 is 1.49. The molecule has 1 saturated heterocycles. The lowest BCUT2D eigenvalue weighted by molar-refractivity contribution is 0.0482. The molecular weight excluding hydrogens is 246 g/mol. The lowest BCUT2D eigenvalue weighted by Crippen LogP contribution is -2.57. The first-order valence-corrected chi connectivity index (χ1v) is 6.62. The molecule has 3 aliphatic rings. The summed E-state index contributed by atoms with van der Waals surface area (Å²) in [6, 6.07) is 1.27. The van der Waals surface area contributed by atoms with Crippen LogP contribution < -0.4 is 10.9 Å². The van der Waals surface area contributed by atoms with Crippen LogP contribution in [0.25, 0.3) is 0 Å². The van der Waals surface area contributed by atoms with Gasteiger partial charge in [0.2, 0.25) is 5.43 Å². The fraction of sp³-hybridized carbons (Fsp3) is 0.538. The molecule has 3 heterocycles. The minimum atomic E-state index is -0.518. The highest BCUT2D eigenvalue weighted by atomic mass is 16.3. The van der Waals surface area contributed by atoms with E-state index in [1.807, 2.05) is 0 Å². The Morgan fingerprint density at radius 3 is 2.84 bits per heavy atom. The highest BCUT2D eigenvalue weighted by Crippen LogP contribution is 2.55. The zero-order valence-corrected chi connectivity index (χ0v) is 10.4. The fourth-order valence-corrected chi connectivity index (χ4v) is 3.26. The Kier molecular flexibility index (Phi) is 1.90. The summed E-state index contributed by atoms with van der Waals surface area (Å²) in [6.45, 7) is 0.693. The van der Waals surface area contributed by atoms with Gasteiger partial charge in [-0.25, -0.2) is 0 Å². The van der Waals surface area contributed by atoms with Crippen LogP contribution in [0.1, 0.15) is 36.2 Å². The Bertz CT molecular complexity index is 633. The molecule has 2 N–H and O–H groups in total. The van der Waals surface area contributed by atoms with Crippen LogP contribution >= 0.6 is 0 Å². The molecule has 6 heteroatoms. The van der Waals surface area contributed by atoms with Gasteiger partial charge in [-0.3, -0.25) is 14.3 Å². The van der Waals surface area contributed by atoms with Crippen LogP contribution in [-0.2, 0) is 0 Å². The number of carbonyl (C=O) groups is 1. The van der Waals surface area contributed by atoms with Gasteiger partial charge in [-0.1, -0.05) is 0 Å². The van der Waals surface area contributed by atoms with Gasteiger partial charge in [-0.2, -0.15) is 0 Å². The third-order valence-electron chi connectivity index (χ3n) is 4.67. The zero-order valence-electron chi connectivity index (χ0n) is 10.4. The minimum absolute atomic E-state index is 0.0295. The smallest absolute Gasteiger partial charge is 0.278 e. The van der Waals surface area contributed by atoms with Crippen molar-refractivity contribution in [2.45, 2.75) is 31.8 Å². The maximum Gasteiger partial charge on any atom is 0.278 e. The number of aromatic hydroxyl groups is 1. The first kappa shape index (κ1) is 10.9. The van der Waals surface area contributed by atoms with E-state index in [2.05, 4.69) is 5.43 Å². The number of hydrogen-bond acceptors (Lipinski definition) is 4. The average molecular weight is 261 g/mol. The molecule has 6 nitrogen and oxygen atoms in total. The molecule has 1 aliphatic carbocycles. The van der Waals surface area contributed by atoms with Crippen LogP contribution in [0.15, 0.2) is 17.1 Å². The molecule has 100 valence electrons. The van der Waals surface area contributed by atoms with Crippen LogP contribution in [0.2, 0.25) is 0 Å². The van der Waals surface area contributed by atoms with E-state index >= 15 is 0 Å². The number of piperidine rings is 1. The van der Waals surface area contributed by atoms with Crippen molar-refractivity contribution in [1.82, 2.24) is 9.58 Å². The van der Waals surface area contributed by atoms with Crippen molar-refractivity contribution in [3.05, 3.63) is 28.2 Å². The van der Waals surface area contributed by atoms with Gasteiger partial charge in [0.05, 0.1) is 0 Å². The lowest BCUT2D eigenvalue weighted by atomic mass is 9.90. The number of carbonyl (C=O) groups excluding carboxylic acids is 1. The SMILES string of the molecule is O=C1c2c(O)c(=O)ccn2NC2CC3(CCN12)CC3. The molecule has 2 aliphatic heterocycles. The van der Waals surface area contributed by atoms with Crippen molar-refractivity contribution in [2.24, 2.45) is 5.41 Å². The van der Waals surface area contributed by atoms with E-state index in [0.29, 0.717) is 12.0 Å². The topological polar surface area (TPSA) is 74.6 Å². The van der Waals surface area contributed by atoms with E-state index in [1.54, 1.807) is 4.90 Å². The van der Waals surface area contributed by atoms with Crippen LogP contribution in [0.3, 0.4) is 0 Å². The van der Waals surface area contributed by atoms with Crippen molar-refractivity contribution < 1.29 is 9.90 Å². The first-order valence-electron chi connectivity index (χ1n) is 6.62. The van der Waals surface area contributed by atoms with Gasteiger partial charge in [-0.05, 0) is 31.1 Å². The van der Waals surface area contributed by atoms with Crippen LogP contribution in [-0.4, -0.2) is 33.3 Å². The van der Waals surface area contributed by atoms with Gasteiger partial charge in [0.15, 0.2) is 11.4 Å². The van der Waals surface area contributed by atoms with Crippen molar-refractivity contribution in [2.75, 3.05) is 12.0 Å². The summed E-state index contributed by atoms with van der Waals surface area (Å²) in [5.41, 5.74) is 3.17. The largest absolute Gasteiger partial charge is 0.502 e. The van der Waals surface area contributed by atoms with Gasteiger partial charge < -0.3 is 15.4 Å². The second-order valence-corrected chi connectivity index (χ2v) is 5.84. The number of fused-ring (bicyclic) bond motifs is 2. The Balaban J connectivity index is 1.78. The van der Waals surface area contributed by atoms with E-state index in [1.165, 1.54) is 29.8 Å². The lowest BCUT2D eigenvalue weighted by Gasteiger charge is -2.44. The van der Waals surface area contributed by atoms with E-state index in [9.17, 15) is 14.7 Å². The van der Waals surface area contributed by atoms with E-state index in [0.717, 1.165) is 12.8 Å².